The van der Waals surface area contributed by atoms with Crippen molar-refractivity contribution in [3.63, 3.8) is 0 Å². The molecule has 0 spiro atoms. The number of hydrogen-bond donors (Lipinski definition) is 2. The van der Waals surface area contributed by atoms with Gasteiger partial charge in [0.1, 0.15) is 5.69 Å². The maximum atomic E-state index is 11.7. The van der Waals surface area contributed by atoms with Gasteiger partial charge in [-0.15, -0.1) is 0 Å². The van der Waals surface area contributed by atoms with Gasteiger partial charge in [0.2, 0.25) is 0 Å². The summed E-state index contributed by atoms with van der Waals surface area (Å²) in [5, 5.41) is 24.3. The lowest BCUT2D eigenvalue weighted by molar-refractivity contribution is -0.137. The second-order valence-electron chi connectivity index (χ2n) is 6.37. The standard InChI is InChI=1S/C19H20ClN3O4/c1-4-13-17(10(2)22(3)21-13)18-11-9-15(19(26)27)23(8-7-16(24)25)14(11)6-5-12(18)20/h5-6,9H,4,7-8H2,1-3H3,(H,24,25)(H,26,27). The monoisotopic (exact) mass is 389 g/mol. The van der Waals surface area contributed by atoms with Crippen LogP contribution in [0.5, 0.6) is 0 Å². The molecule has 0 aliphatic carbocycles. The number of nitrogens with zero attached hydrogens (tertiary/aromatic N) is 3. The number of aryl methyl sites for hydroxylation is 3. The Morgan fingerprint density at radius 1 is 1.22 bits per heavy atom. The molecule has 2 aromatic heterocycles. The molecule has 142 valence electrons. The van der Waals surface area contributed by atoms with Crippen LogP contribution >= 0.6 is 11.6 Å². The first-order valence-corrected chi connectivity index (χ1v) is 8.93. The van der Waals surface area contributed by atoms with Gasteiger partial charge in [-0.2, -0.15) is 5.10 Å². The van der Waals surface area contributed by atoms with Crippen LogP contribution in [0.1, 0.15) is 35.2 Å². The molecule has 2 heterocycles. The van der Waals surface area contributed by atoms with Crippen LogP contribution in [-0.4, -0.2) is 36.5 Å². The van der Waals surface area contributed by atoms with Crippen LogP contribution < -0.4 is 0 Å². The summed E-state index contributed by atoms with van der Waals surface area (Å²) < 4.78 is 3.30. The van der Waals surface area contributed by atoms with E-state index < -0.39 is 11.9 Å². The van der Waals surface area contributed by atoms with Gasteiger partial charge in [0, 0.05) is 46.3 Å². The van der Waals surface area contributed by atoms with Gasteiger partial charge in [-0.3, -0.25) is 9.48 Å². The maximum Gasteiger partial charge on any atom is 0.352 e. The number of aliphatic carboxylic acids is 1. The van der Waals surface area contributed by atoms with Gasteiger partial charge in [0.25, 0.3) is 0 Å². The molecule has 2 N–H and O–H groups in total. The van der Waals surface area contributed by atoms with Crippen LogP contribution in [0.2, 0.25) is 5.02 Å². The van der Waals surface area contributed by atoms with Gasteiger partial charge < -0.3 is 14.8 Å². The summed E-state index contributed by atoms with van der Waals surface area (Å²) in [6, 6.07) is 5.01. The second-order valence-corrected chi connectivity index (χ2v) is 6.78. The van der Waals surface area contributed by atoms with Crippen molar-refractivity contribution in [1.29, 1.82) is 0 Å². The van der Waals surface area contributed by atoms with E-state index in [9.17, 15) is 14.7 Å². The predicted octanol–water partition coefficient (Wildman–Crippen LogP) is 3.74. The van der Waals surface area contributed by atoms with Crippen LogP contribution in [0.25, 0.3) is 22.0 Å². The Balaban J connectivity index is 2.35. The van der Waals surface area contributed by atoms with E-state index in [2.05, 4.69) is 5.10 Å². The molecule has 0 saturated heterocycles. The average Bonchev–Trinajstić information content (AvgIpc) is 3.11. The summed E-state index contributed by atoms with van der Waals surface area (Å²) >= 11 is 6.53. The zero-order chi connectivity index (χ0) is 19.9. The van der Waals surface area contributed by atoms with E-state index in [0.29, 0.717) is 22.3 Å². The number of aromatic carboxylic acids is 1. The van der Waals surface area contributed by atoms with E-state index in [1.165, 1.54) is 4.57 Å². The molecule has 0 amide bonds. The zero-order valence-electron chi connectivity index (χ0n) is 15.3. The van der Waals surface area contributed by atoms with E-state index in [1.54, 1.807) is 22.9 Å². The Kier molecular flexibility index (Phi) is 4.97. The summed E-state index contributed by atoms with van der Waals surface area (Å²) in [6.45, 7) is 4.00. The molecule has 0 aliphatic heterocycles. The quantitative estimate of drug-likeness (QED) is 0.669. The fraction of sp³-hybridized carbons (Fsp3) is 0.316. The summed E-state index contributed by atoms with van der Waals surface area (Å²) in [4.78, 5) is 22.7. The van der Waals surface area contributed by atoms with Crippen LogP contribution in [0.4, 0.5) is 0 Å². The lowest BCUT2D eigenvalue weighted by Gasteiger charge is -2.10. The van der Waals surface area contributed by atoms with Gasteiger partial charge in [0.15, 0.2) is 0 Å². The minimum Gasteiger partial charge on any atom is -0.481 e. The lowest BCUT2D eigenvalue weighted by atomic mass is 9.98. The number of carboxylic acid groups (broad SMARTS) is 2. The maximum absolute atomic E-state index is 11.7. The lowest BCUT2D eigenvalue weighted by Crippen LogP contribution is -2.11. The Labute approximate surface area is 160 Å². The molecule has 0 radical (unpaired) electrons. The molecule has 0 aliphatic rings. The van der Waals surface area contributed by atoms with Crippen molar-refractivity contribution < 1.29 is 19.8 Å². The first-order chi connectivity index (χ1) is 12.8. The third-order valence-corrected chi connectivity index (χ3v) is 5.11. The molecule has 1 aromatic carbocycles. The van der Waals surface area contributed by atoms with Gasteiger partial charge in [0.05, 0.1) is 12.1 Å². The highest BCUT2D eigenvalue weighted by Gasteiger charge is 2.23. The minimum atomic E-state index is -1.11. The van der Waals surface area contributed by atoms with Crippen LogP contribution in [0.3, 0.4) is 0 Å². The number of aromatic nitrogens is 3. The molecule has 7 nitrogen and oxygen atoms in total. The van der Waals surface area contributed by atoms with E-state index in [1.807, 2.05) is 20.9 Å². The summed E-state index contributed by atoms with van der Waals surface area (Å²) in [6.07, 6.45) is 0.531. The largest absolute Gasteiger partial charge is 0.481 e. The van der Waals surface area contributed by atoms with Gasteiger partial charge in [-0.1, -0.05) is 18.5 Å². The van der Waals surface area contributed by atoms with E-state index >= 15 is 0 Å². The molecule has 0 saturated carbocycles. The third kappa shape index (κ3) is 3.19. The smallest absolute Gasteiger partial charge is 0.352 e. The van der Waals surface area contributed by atoms with Crippen molar-refractivity contribution in [2.24, 2.45) is 7.05 Å². The number of benzene rings is 1. The number of rotatable bonds is 6. The molecular weight excluding hydrogens is 370 g/mol. The SMILES string of the molecule is CCc1nn(C)c(C)c1-c1c(Cl)ccc2c1cc(C(=O)O)n2CCC(=O)O. The highest BCUT2D eigenvalue weighted by molar-refractivity contribution is 6.35. The molecule has 0 atom stereocenters. The fourth-order valence-corrected chi connectivity index (χ4v) is 3.70. The zero-order valence-corrected chi connectivity index (χ0v) is 16.0. The van der Waals surface area contributed by atoms with Crippen molar-refractivity contribution in [2.75, 3.05) is 0 Å². The Hall–Kier alpha value is -2.80. The Bertz CT molecular complexity index is 1070. The first kappa shape index (κ1) is 19.0. The summed E-state index contributed by atoms with van der Waals surface area (Å²) in [5.74, 6) is -2.10. The molecule has 0 unspecified atom stereocenters. The number of carbonyl (C=O) groups is 2. The molecule has 27 heavy (non-hydrogen) atoms. The first-order valence-electron chi connectivity index (χ1n) is 8.55. The van der Waals surface area contributed by atoms with Crippen LogP contribution in [0, 0.1) is 6.92 Å². The number of fused-ring (bicyclic) bond motifs is 1. The number of carboxylic acids is 2. The Morgan fingerprint density at radius 2 is 1.93 bits per heavy atom. The fourth-order valence-electron chi connectivity index (χ4n) is 3.44. The van der Waals surface area contributed by atoms with Crippen molar-refractivity contribution in [1.82, 2.24) is 14.3 Å². The van der Waals surface area contributed by atoms with E-state index in [0.717, 1.165) is 22.5 Å². The topological polar surface area (TPSA) is 97.4 Å². The minimum absolute atomic E-state index is 0.0364. The molecule has 8 heteroatoms. The highest BCUT2D eigenvalue weighted by atomic mass is 35.5. The summed E-state index contributed by atoms with van der Waals surface area (Å²) in [7, 11) is 1.85. The average molecular weight is 390 g/mol. The third-order valence-electron chi connectivity index (χ3n) is 4.79. The predicted molar refractivity (Wildman–Crippen MR) is 102 cm³/mol. The molecule has 0 fully saturated rings. The van der Waals surface area contributed by atoms with Crippen molar-refractivity contribution in [3.05, 3.63) is 40.3 Å². The number of halogens is 1. The van der Waals surface area contributed by atoms with Crippen molar-refractivity contribution in [2.45, 2.75) is 33.2 Å². The summed E-state index contributed by atoms with van der Waals surface area (Å²) in [5.41, 5.74) is 4.10. The van der Waals surface area contributed by atoms with Crippen LogP contribution in [-0.2, 0) is 24.8 Å². The number of hydrogen-bond acceptors (Lipinski definition) is 3. The van der Waals surface area contributed by atoms with Gasteiger partial charge >= 0.3 is 11.9 Å². The molecular formula is C19H20ClN3O4. The van der Waals surface area contributed by atoms with Gasteiger partial charge in [-0.25, -0.2) is 4.79 Å². The Morgan fingerprint density at radius 3 is 2.52 bits per heavy atom. The van der Waals surface area contributed by atoms with Crippen molar-refractivity contribution >= 4 is 34.4 Å². The molecule has 0 bridgehead atoms. The van der Waals surface area contributed by atoms with Crippen LogP contribution in [0.15, 0.2) is 18.2 Å². The second kappa shape index (κ2) is 7.08. The van der Waals surface area contributed by atoms with E-state index in [-0.39, 0.29) is 18.7 Å². The van der Waals surface area contributed by atoms with Crippen molar-refractivity contribution in [3.8, 4) is 11.1 Å². The van der Waals surface area contributed by atoms with Gasteiger partial charge in [-0.05, 0) is 31.5 Å². The normalized spacial score (nSPS) is 11.3. The van der Waals surface area contributed by atoms with E-state index in [4.69, 9.17) is 16.7 Å². The molecule has 3 rings (SSSR count). The molecule has 3 aromatic rings. The highest BCUT2D eigenvalue weighted by Crippen LogP contribution is 2.40.